The van der Waals surface area contributed by atoms with Gasteiger partial charge in [-0.05, 0) is 19.1 Å². The van der Waals surface area contributed by atoms with Gasteiger partial charge in [-0.1, -0.05) is 35.8 Å². The van der Waals surface area contributed by atoms with E-state index < -0.39 is 0 Å². The molecule has 1 aromatic heterocycles. The van der Waals surface area contributed by atoms with Crippen LogP contribution in [-0.4, -0.2) is 15.6 Å². The monoisotopic (exact) mass is 339 g/mol. The second-order valence-corrected chi connectivity index (χ2v) is 6.07. The minimum atomic E-state index is -0.199. The zero-order valence-electron chi connectivity index (χ0n) is 12.0. The minimum absolute atomic E-state index is 0.199. The SMILES string of the molecule is Cc1ncc(CNC(C)C)n1Cc1ccc(Br)cc1F. The van der Waals surface area contributed by atoms with Crippen LogP contribution in [0.15, 0.2) is 28.9 Å². The number of aromatic nitrogens is 2. The summed E-state index contributed by atoms with van der Waals surface area (Å²) in [5, 5.41) is 3.36. The standard InChI is InChI=1S/C15H19BrFN3/c1-10(2)18-7-14-8-19-11(3)20(14)9-12-4-5-13(16)6-15(12)17/h4-6,8,10,18H,7,9H2,1-3H3. The Bertz CT molecular complexity index is 593. The third-order valence-electron chi connectivity index (χ3n) is 3.17. The molecule has 2 aromatic rings. The van der Waals surface area contributed by atoms with E-state index >= 15 is 0 Å². The number of imidazole rings is 1. The zero-order valence-corrected chi connectivity index (χ0v) is 13.5. The first-order valence-corrected chi connectivity index (χ1v) is 7.45. The fourth-order valence-corrected chi connectivity index (χ4v) is 2.33. The number of rotatable bonds is 5. The van der Waals surface area contributed by atoms with Crippen LogP contribution in [0.2, 0.25) is 0 Å². The molecule has 0 aliphatic rings. The lowest BCUT2D eigenvalue weighted by molar-refractivity contribution is 0.552. The van der Waals surface area contributed by atoms with Crippen LogP contribution in [0.1, 0.15) is 30.9 Å². The Morgan fingerprint density at radius 2 is 2.15 bits per heavy atom. The van der Waals surface area contributed by atoms with Gasteiger partial charge < -0.3 is 9.88 Å². The number of benzene rings is 1. The summed E-state index contributed by atoms with van der Waals surface area (Å²) in [5.74, 6) is 0.697. The Labute approximate surface area is 127 Å². The summed E-state index contributed by atoms with van der Waals surface area (Å²) in [7, 11) is 0. The lowest BCUT2D eigenvalue weighted by Gasteiger charge is -2.13. The van der Waals surface area contributed by atoms with Gasteiger partial charge in [-0.25, -0.2) is 9.37 Å². The maximum Gasteiger partial charge on any atom is 0.129 e. The van der Waals surface area contributed by atoms with Gasteiger partial charge in [0.2, 0.25) is 0 Å². The van der Waals surface area contributed by atoms with Crippen molar-refractivity contribution < 1.29 is 4.39 Å². The van der Waals surface area contributed by atoms with Gasteiger partial charge in [0, 0.05) is 28.8 Å². The van der Waals surface area contributed by atoms with Crippen molar-refractivity contribution in [2.45, 2.75) is 39.9 Å². The highest BCUT2D eigenvalue weighted by Crippen LogP contribution is 2.18. The largest absolute Gasteiger partial charge is 0.326 e. The van der Waals surface area contributed by atoms with E-state index in [4.69, 9.17) is 0 Å². The second kappa shape index (κ2) is 6.50. The van der Waals surface area contributed by atoms with E-state index in [1.807, 2.05) is 23.8 Å². The smallest absolute Gasteiger partial charge is 0.129 e. The fourth-order valence-electron chi connectivity index (χ4n) is 2.00. The van der Waals surface area contributed by atoms with Gasteiger partial charge in [0.05, 0.1) is 12.2 Å². The molecule has 5 heteroatoms. The lowest BCUT2D eigenvalue weighted by atomic mass is 10.2. The van der Waals surface area contributed by atoms with Gasteiger partial charge >= 0.3 is 0 Å². The van der Waals surface area contributed by atoms with E-state index in [0.29, 0.717) is 18.2 Å². The van der Waals surface area contributed by atoms with E-state index in [-0.39, 0.29) is 5.82 Å². The molecule has 0 radical (unpaired) electrons. The first-order valence-electron chi connectivity index (χ1n) is 6.65. The van der Waals surface area contributed by atoms with Gasteiger partial charge in [0.15, 0.2) is 0 Å². The molecule has 1 aromatic carbocycles. The first-order chi connectivity index (χ1) is 9.47. The van der Waals surface area contributed by atoms with Crippen LogP contribution < -0.4 is 5.32 Å². The fraction of sp³-hybridized carbons (Fsp3) is 0.400. The highest BCUT2D eigenvalue weighted by molar-refractivity contribution is 9.10. The first kappa shape index (κ1) is 15.2. The molecule has 0 atom stereocenters. The zero-order chi connectivity index (χ0) is 14.7. The molecular weight excluding hydrogens is 321 g/mol. The van der Waals surface area contributed by atoms with Crippen LogP contribution in [0.5, 0.6) is 0 Å². The van der Waals surface area contributed by atoms with Crippen LogP contribution in [0.25, 0.3) is 0 Å². The second-order valence-electron chi connectivity index (χ2n) is 5.15. The molecule has 0 amide bonds. The van der Waals surface area contributed by atoms with E-state index in [2.05, 4.69) is 40.1 Å². The molecule has 0 spiro atoms. The van der Waals surface area contributed by atoms with Crippen molar-refractivity contribution in [3.05, 3.63) is 51.8 Å². The summed E-state index contributed by atoms with van der Waals surface area (Å²) in [5.41, 5.74) is 1.73. The molecule has 2 rings (SSSR count). The third kappa shape index (κ3) is 3.67. The molecule has 1 heterocycles. The highest BCUT2D eigenvalue weighted by atomic mass is 79.9. The Balaban J connectivity index is 2.22. The van der Waals surface area contributed by atoms with Crippen molar-refractivity contribution in [3.63, 3.8) is 0 Å². The normalized spacial score (nSPS) is 11.3. The quantitative estimate of drug-likeness (QED) is 0.901. The predicted octanol–water partition coefficient (Wildman–Crippen LogP) is 3.64. The van der Waals surface area contributed by atoms with Crippen molar-refractivity contribution in [1.29, 1.82) is 0 Å². The van der Waals surface area contributed by atoms with Gasteiger partial charge in [0.25, 0.3) is 0 Å². The van der Waals surface area contributed by atoms with Crippen LogP contribution in [-0.2, 0) is 13.1 Å². The summed E-state index contributed by atoms with van der Waals surface area (Å²) in [6, 6.07) is 5.56. The van der Waals surface area contributed by atoms with Gasteiger partial charge in [-0.2, -0.15) is 0 Å². The van der Waals surface area contributed by atoms with E-state index in [0.717, 1.165) is 22.5 Å². The molecule has 20 heavy (non-hydrogen) atoms. The van der Waals surface area contributed by atoms with Gasteiger partial charge in [-0.15, -0.1) is 0 Å². The van der Waals surface area contributed by atoms with Gasteiger partial charge in [0.1, 0.15) is 11.6 Å². The van der Waals surface area contributed by atoms with Crippen molar-refractivity contribution in [3.8, 4) is 0 Å². The lowest BCUT2D eigenvalue weighted by Crippen LogP contribution is -2.24. The van der Waals surface area contributed by atoms with Crippen molar-refractivity contribution >= 4 is 15.9 Å². The summed E-state index contributed by atoms with van der Waals surface area (Å²) in [4.78, 5) is 4.33. The predicted molar refractivity (Wildman–Crippen MR) is 82.1 cm³/mol. The molecule has 0 fully saturated rings. The number of hydrogen-bond donors (Lipinski definition) is 1. The summed E-state index contributed by atoms with van der Waals surface area (Å²) >= 11 is 3.27. The van der Waals surface area contributed by atoms with Crippen molar-refractivity contribution in [2.24, 2.45) is 0 Å². The van der Waals surface area contributed by atoms with E-state index in [1.54, 1.807) is 6.07 Å². The van der Waals surface area contributed by atoms with E-state index in [9.17, 15) is 4.39 Å². The van der Waals surface area contributed by atoms with E-state index in [1.165, 1.54) is 6.07 Å². The Kier molecular flexibility index (Phi) is 4.94. The number of nitrogens with one attached hydrogen (secondary N) is 1. The van der Waals surface area contributed by atoms with Crippen molar-refractivity contribution in [2.75, 3.05) is 0 Å². The topological polar surface area (TPSA) is 29.9 Å². The molecule has 108 valence electrons. The number of halogens is 2. The number of nitrogens with zero attached hydrogens (tertiary/aromatic N) is 2. The summed E-state index contributed by atoms with van der Waals surface area (Å²) < 4.78 is 16.7. The van der Waals surface area contributed by atoms with Gasteiger partial charge in [-0.3, -0.25) is 0 Å². The Hall–Kier alpha value is -1.20. The average Bonchev–Trinajstić information content (AvgIpc) is 2.71. The van der Waals surface area contributed by atoms with Crippen LogP contribution in [0.4, 0.5) is 4.39 Å². The summed E-state index contributed by atoms with van der Waals surface area (Å²) in [6.07, 6.45) is 1.85. The molecule has 0 aliphatic heterocycles. The highest BCUT2D eigenvalue weighted by Gasteiger charge is 2.10. The number of hydrogen-bond acceptors (Lipinski definition) is 2. The average molecular weight is 340 g/mol. The number of aryl methyl sites for hydroxylation is 1. The molecule has 3 nitrogen and oxygen atoms in total. The Morgan fingerprint density at radius 3 is 2.80 bits per heavy atom. The molecule has 1 N–H and O–H groups in total. The molecular formula is C15H19BrFN3. The molecule has 0 saturated carbocycles. The maximum atomic E-state index is 13.9. The molecule has 0 aliphatic carbocycles. The molecule has 0 saturated heterocycles. The molecule has 0 bridgehead atoms. The third-order valence-corrected chi connectivity index (χ3v) is 3.67. The van der Waals surface area contributed by atoms with Crippen LogP contribution in [0, 0.1) is 12.7 Å². The van der Waals surface area contributed by atoms with Crippen LogP contribution in [0.3, 0.4) is 0 Å². The summed E-state index contributed by atoms with van der Waals surface area (Å²) in [6.45, 7) is 7.37. The van der Waals surface area contributed by atoms with Crippen LogP contribution >= 0.6 is 15.9 Å². The Morgan fingerprint density at radius 1 is 1.40 bits per heavy atom. The minimum Gasteiger partial charge on any atom is -0.326 e. The molecule has 0 unspecified atom stereocenters. The van der Waals surface area contributed by atoms with Crippen molar-refractivity contribution in [1.82, 2.24) is 14.9 Å². The maximum absolute atomic E-state index is 13.9.